The molecule has 42 heavy (non-hydrogen) atoms. The molecule has 5 aromatic heterocycles. The number of nitrogens with zero attached hydrogens (tertiary/aromatic N) is 8. The van der Waals surface area contributed by atoms with Gasteiger partial charge in [-0.15, -0.1) is 11.3 Å². The number of hydrogen-bond acceptors (Lipinski definition) is 8. The van der Waals surface area contributed by atoms with E-state index in [-0.39, 0.29) is 12.1 Å². The van der Waals surface area contributed by atoms with Gasteiger partial charge in [-0.3, -0.25) is 4.79 Å². The SMILES string of the molecule is Cn1c2nc(Cc3ccn(COCC[Si](C)(C)C)n3)sc2c2cnn(Cc3nccn3COCC[Si](C)(C)C)c(=O)c21. The highest BCUT2D eigenvalue weighted by Gasteiger charge is 2.20. The minimum atomic E-state index is -1.15. The first-order valence-corrected chi connectivity index (χ1v) is 22.6. The van der Waals surface area contributed by atoms with Crippen molar-refractivity contribution in [3.05, 3.63) is 57.7 Å². The minimum Gasteiger partial charge on any atom is -0.361 e. The van der Waals surface area contributed by atoms with Crippen molar-refractivity contribution in [1.82, 2.24) is 38.7 Å². The molecule has 11 nitrogen and oxygen atoms in total. The summed E-state index contributed by atoms with van der Waals surface area (Å²) in [5.41, 5.74) is 2.15. The normalized spacial score (nSPS) is 12.7. The van der Waals surface area contributed by atoms with Crippen molar-refractivity contribution in [3.63, 3.8) is 0 Å². The second-order valence-corrected chi connectivity index (χ2v) is 25.5. The van der Waals surface area contributed by atoms with Crippen molar-refractivity contribution in [2.45, 2.75) is 77.8 Å². The summed E-state index contributed by atoms with van der Waals surface area (Å²) in [5, 5.41) is 10.9. The van der Waals surface area contributed by atoms with Crippen molar-refractivity contribution < 1.29 is 9.47 Å². The molecule has 5 rings (SSSR count). The summed E-state index contributed by atoms with van der Waals surface area (Å²) < 4.78 is 19.8. The van der Waals surface area contributed by atoms with Gasteiger partial charge in [-0.05, 0) is 18.2 Å². The van der Waals surface area contributed by atoms with E-state index in [0.29, 0.717) is 25.4 Å². The van der Waals surface area contributed by atoms with Crippen LogP contribution in [0.25, 0.3) is 21.3 Å². The second-order valence-electron chi connectivity index (χ2n) is 13.2. The van der Waals surface area contributed by atoms with Crippen LogP contribution in [0.1, 0.15) is 16.5 Å². The van der Waals surface area contributed by atoms with E-state index >= 15 is 0 Å². The molecular formula is C28H42N8O3SSi2. The highest BCUT2D eigenvalue weighted by Crippen LogP contribution is 2.31. The first kappa shape index (κ1) is 30.5. The number of rotatable bonds is 14. The van der Waals surface area contributed by atoms with Crippen molar-refractivity contribution >= 4 is 48.7 Å². The molecule has 0 amide bonds. The number of aromatic nitrogens is 8. The Labute approximate surface area is 252 Å². The number of ether oxygens (including phenoxy) is 2. The minimum absolute atomic E-state index is 0.163. The molecule has 0 bridgehead atoms. The molecule has 0 spiro atoms. The monoisotopic (exact) mass is 626 g/mol. The molecule has 0 unspecified atom stereocenters. The Kier molecular flexibility index (Phi) is 8.99. The number of aryl methyl sites for hydroxylation is 1. The van der Waals surface area contributed by atoms with Crippen LogP contribution in [0.5, 0.6) is 0 Å². The summed E-state index contributed by atoms with van der Waals surface area (Å²) in [7, 11) is -0.372. The summed E-state index contributed by atoms with van der Waals surface area (Å²) in [6.07, 6.45) is 7.95. The van der Waals surface area contributed by atoms with Gasteiger partial charge in [-0.2, -0.15) is 10.2 Å². The Morgan fingerprint density at radius 2 is 1.69 bits per heavy atom. The quantitative estimate of drug-likeness (QED) is 0.126. The lowest BCUT2D eigenvalue weighted by molar-refractivity contribution is 0.0783. The molecule has 0 saturated heterocycles. The zero-order chi connectivity index (χ0) is 30.1. The predicted molar refractivity (Wildman–Crippen MR) is 173 cm³/mol. The molecule has 0 fully saturated rings. The third-order valence-corrected chi connectivity index (χ3v) is 11.6. The molecule has 0 aliphatic carbocycles. The smallest absolute Gasteiger partial charge is 0.291 e. The van der Waals surface area contributed by atoms with Crippen molar-refractivity contribution in [3.8, 4) is 0 Å². The molecule has 0 aliphatic rings. The first-order valence-electron chi connectivity index (χ1n) is 14.4. The molecule has 14 heteroatoms. The van der Waals surface area contributed by atoms with Crippen LogP contribution in [-0.2, 0) is 42.9 Å². The van der Waals surface area contributed by atoms with Crippen LogP contribution < -0.4 is 5.56 Å². The standard InChI is InChI=1S/C28H42N8O3SSi2/c1-33-25-22(17-30-36(28(25)37)18-23-29-9-11-34(23)19-38-12-14-41(2,3)4)26-27(33)31-24(40-26)16-21-8-10-35(32-21)20-39-13-15-42(5,6)7/h8-11,17H,12-16,18-20H2,1-7H3. The highest BCUT2D eigenvalue weighted by molar-refractivity contribution is 7.19. The largest absolute Gasteiger partial charge is 0.361 e. The molecule has 5 heterocycles. The van der Waals surface area contributed by atoms with E-state index in [2.05, 4.69) is 54.5 Å². The first-order chi connectivity index (χ1) is 19.9. The zero-order valence-electron chi connectivity index (χ0n) is 25.8. The molecular weight excluding hydrogens is 585 g/mol. The lowest BCUT2D eigenvalue weighted by Gasteiger charge is -2.16. The number of fused-ring (bicyclic) bond motifs is 3. The van der Waals surface area contributed by atoms with Crippen LogP contribution in [0.2, 0.25) is 51.4 Å². The van der Waals surface area contributed by atoms with Gasteiger partial charge >= 0.3 is 0 Å². The Morgan fingerprint density at radius 1 is 0.976 bits per heavy atom. The Bertz CT molecular complexity index is 1720. The maximum atomic E-state index is 13.5. The fraction of sp³-hybridized carbons (Fsp3) is 0.536. The summed E-state index contributed by atoms with van der Waals surface area (Å²) >= 11 is 1.58. The van der Waals surface area contributed by atoms with Gasteiger partial charge in [0.15, 0.2) is 5.65 Å². The lowest BCUT2D eigenvalue weighted by atomic mass is 10.3. The fourth-order valence-electron chi connectivity index (χ4n) is 4.57. The maximum absolute atomic E-state index is 13.5. The van der Waals surface area contributed by atoms with Crippen LogP contribution in [0.3, 0.4) is 0 Å². The third-order valence-electron chi connectivity index (χ3n) is 7.14. The molecule has 0 saturated carbocycles. The van der Waals surface area contributed by atoms with Gasteiger partial charge in [0.1, 0.15) is 36.4 Å². The van der Waals surface area contributed by atoms with E-state index in [0.717, 1.165) is 57.6 Å². The Hall–Kier alpha value is -2.92. The van der Waals surface area contributed by atoms with E-state index in [1.165, 1.54) is 4.68 Å². The average molecular weight is 627 g/mol. The molecule has 0 aliphatic heterocycles. The van der Waals surface area contributed by atoms with Gasteiger partial charge in [0.25, 0.3) is 5.56 Å². The molecule has 0 atom stereocenters. The Balaban J connectivity index is 1.27. The van der Waals surface area contributed by atoms with Gasteiger partial charge in [0, 0.05) is 66.8 Å². The van der Waals surface area contributed by atoms with Gasteiger partial charge < -0.3 is 18.6 Å². The molecule has 5 aromatic rings. The second kappa shape index (κ2) is 12.4. The van der Waals surface area contributed by atoms with E-state index in [9.17, 15) is 4.79 Å². The highest BCUT2D eigenvalue weighted by atomic mass is 32.1. The molecule has 0 radical (unpaired) electrons. The van der Waals surface area contributed by atoms with E-state index in [1.807, 2.05) is 39.3 Å². The van der Waals surface area contributed by atoms with Crippen molar-refractivity contribution in [2.75, 3.05) is 13.2 Å². The van der Waals surface area contributed by atoms with Crippen LogP contribution in [-0.4, -0.2) is 68.0 Å². The summed E-state index contributed by atoms with van der Waals surface area (Å²) in [5.74, 6) is 0.731. The summed E-state index contributed by atoms with van der Waals surface area (Å²) in [6, 6.07) is 4.25. The Morgan fingerprint density at radius 3 is 2.40 bits per heavy atom. The molecule has 0 N–H and O–H groups in total. The van der Waals surface area contributed by atoms with Gasteiger partial charge in [-0.1, -0.05) is 39.3 Å². The zero-order valence-corrected chi connectivity index (χ0v) is 28.6. The molecule has 0 aromatic carbocycles. The number of imidazole rings is 1. The van der Waals surface area contributed by atoms with Gasteiger partial charge in [0.2, 0.25) is 0 Å². The van der Waals surface area contributed by atoms with E-state index in [1.54, 1.807) is 23.7 Å². The predicted octanol–water partition coefficient (Wildman–Crippen LogP) is 5.00. The summed E-state index contributed by atoms with van der Waals surface area (Å²) in [6.45, 7) is 16.7. The van der Waals surface area contributed by atoms with Gasteiger partial charge in [0.05, 0.1) is 16.6 Å². The third kappa shape index (κ3) is 7.34. The van der Waals surface area contributed by atoms with Crippen LogP contribution in [0.15, 0.2) is 35.6 Å². The number of thiazole rings is 1. The lowest BCUT2D eigenvalue weighted by Crippen LogP contribution is -2.26. The maximum Gasteiger partial charge on any atom is 0.291 e. The molecule has 226 valence electrons. The number of hydrogen-bond donors (Lipinski definition) is 0. The van der Waals surface area contributed by atoms with Crippen molar-refractivity contribution in [1.29, 1.82) is 0 Å². The average Bonchev–Trinajstić information content (AvgIpc) is 3.68. The fourth-order valence-corrected chi connectivity index (χ4v) is 7.20. The van der Waals surface area contributed by atoms with E-state index < -0.39 is 16.1 Å². The van der Waals surface area contributed by atoms with Crippen LogP contribution in [0.4, 0.5) is 0 Å². The topological polar surface area (TPSA) is 107 Å². The van der Waals surface area contributed by atoms with E-state index in [4.69, 9.17) is 14.5 Å². The van der Waals surface area contributed by atoms with Gasteiger partial charge in [-0.25, -0.2) is 19.3 Å². The van der Waals surface area contributed by atoms with Crippen LogP contribution in [0, 0.1) is 0 Å². The van der Waals surface area contributed by atoms with Crippen LogP contribution >= 0.6 is 11.3 Å². The van der Waals surface area contributed by atoms with Crippen molar-refractivity contribution in [2.24, 2.45) is 7.05 Å². The summed E-state index contributed by atoms with van der Waals surface area (Å²) in [4.78, 5) is 22.9.